The van der Waals surface area contributed by atoms with E-state index in [2.05, 4.69) is 5.32 Å². The zero-order valence-corrected chi connectivity index (χ0v) is 16.0. The van der Waals surface area contributed by atoms with Crippen molar-refractivity contribution in [3.05, 3.63) is 51.0 Å². The molecule has 0 aliphatic heterocycles. The highest BCUT2D eigenvalue weighted by Gasteiger charge is 2.35. The van der Waals surface area contributed by atoms with E-state index < -0.39 is 17.8 Å². The van der Waals surface area contributed by atoms with E-state index in [1.165, 1.54) is 0 Å². The second-order valence-electron chi connectivity index (χ2n) is 5.42. The minimum atomic E-state index is -0.601. The Morgan fingerprint density at radius 2 is 1.64 bits per heavy atom. The van der Waals surface area contributed by atoms with Crippen LogP contribution >= 0.6 is 46.4 Å². The molecule has 0 fully saturated rings. The van der Waals surface area contributed by atoms with Crippen LogP contribution in [0.5, 0.6) is 0 Å². The molecule has 0 bridgehead atoms. The van der Waals surface area contributed by atoms with Crippen LogP contribution in [0, 0.1) is 11.8 Å². The highest BCUT2D eigenvalue weighted by atomic mass is 35.5. The maximum absolute atomic E-state index is 12.6. The first kappa shape index (κ1) is 20.1. The smallest absolute Gasteiger partial charge is 0.310 e. The van der Waals surface area contributed by atoms with Gasteiger partial charge in [-0.1, -0.05) is 58.6 Å². The molecule has 4 nitrogen and oxygen atoms in total. The number of halogens is 4. The van der Waals surface area contributed by atoms with Gasteiger partial charge in [-0.25, -0.2) is 0 Å². The summed E-state index contributed by atoms with van der Waals surface area (Å²) in [4.78, 5) is 24.9. The fourth-order valence-electron chi connectivity index (χ4n) is 2.43. The zero-order chi connectivity index (χ0) is 18.4. The monoisotopic (exact) mass is 421 g/mol. The molecule has 0 saturated carbocycles. The lowest BCUT2D eigenvalue weighted by atomic mass is 9.82. The van der Waals surface area contributed by atoms with Crippen molar-refractivity contribution in [3.63, 3.8) is 0 Å². The summed E-state index contributed by atoms with van der Waals surface area (Å²) < 4.78 is 4.96. The number of carbonyl (C=O) groups excluding carboxylic acids is 2. The summed E-state index contributed by atoms with van der Waals surface area (Å²) >= 11 is 22.6. The molecule has 1 amide bonds. The number of hydrogen-bond acceptors (Lipinski definition) is 3. The van der Waals surface area contributed by atoms with Gasteiger partial charge in [-0.05, 0) is 37.1 Å². The van der Waals surface area contributed by atoms with Crippen LogP contribution in [0.4, 0.5) is 5.69 Å². The number of hydrogen-bond donors (Lipinski definition) is 1. The lowest BCUT2D eigenvalue weighted by molar-refractivity contribution is -0.151. The maximum atomic E-state index is 12.6. The van der Waals surface area contributed by atoms with Crippen LogP contribution in [-0.2, 0) is 14.3 Å². The van der Waals surface area contributed by atoms with Gasteiger partial charge >= 0.3 is 5.97 Å². The Bertz CT molecular complexity index is 696. The van der Waals surface area contributed by atoms with Crippen molar-refractivity contribution in [2.45, 2.75) is 12.8 Å². The molecule has 1 aliphatic rings. The lowest BCUT2D eigenvalue weighted by Gasteiger charge is -2.26. The Morgan fingerprint density at radius 1 is 1.04 bits per heavy atom. The Balaban J connectivity index is 2.03. The number of carbonyl (C=O) groups is 2. The Labute approximate surface area is 165 Å². The van der Waals surface area contributed by atoms with E-state index in [4.69, 9.17) is 51.1 Å². The van der Waals surface area contributed by atoms with Gasteiger partial charge in [0.2, 0.25) is 5.91 Å². The molecule has 0 heterocycles. The van der Waals surface area contributed by atoms with Crippen molar-refractivity contribution in [3.8, 4) is 0 Å². The Hall–Kier alpha value is -1.20. The zero-order valence-electron chi connectivity index (χ0n) is 13.0. The van der Waals surface area contributed by atoms with Gasteiger partial charge in [0.15, 0.2) is 0 Å². The maximum Gasteiger partial charge on any atom is 0.310 e. The minimum Gasteiger partial charge on any atom is -0.460 e. The van der Waals surface area contributed by atoms with Crippen LogP contribution in [-0.4, -0.2) is 18.5 Å². The van der Waals surface area contributed by atoms with Gasteiger partial charge in [0.05, 0.1) is 16.9 Å². The van der Waals surface area contributed by atoms with Crippen LogP contribution in [0.1, 0.15) is 12.8 Å². The molecule has 1 aromatic carbocycles. The molecular formula is C17H15Cl4NO3. The predicted octanol–water partition coefficient (Wildman–Crippen LogP) is 5.29. The normalized spacial score (nSPS) is 19.2. The third-order valence-electron chi connectivity index (χ3n) is 3.73. The van der Waals surface area contributed by atoms with Crippen LogP contribution in [0.2, 0.25) is 5.02 Å². The first-order chi connectivity index (χ1) is 11.9. The molecule has 134 valence electrons. The molecule has 25 heavy (non-hydrogen) atoms. The van der Waals surface area contributed by atoms with Gasteiger partial charge in [0.1, 0.15) is 11.1 Å². The molecule has 0 radical (unpaired) electrons. The summed E-state index contributed by atoms with van der Waals surface area (Å²) in [5.41, 5.74) is 0.607. The Morgan fingerprint density at radius 3 is 2.24 bits per heavy atom. The standard InChI is InChI=1S/C17H15Cl4NO3/c18-10-5-7-11(8-6-10)22-16(23)12-3-1-2-4-13(12)17(24)25-9-14(19)15(20)21/h1-2,5-8,12-13H,3-4,9H2,(H,22,23)/t12-,13+/m0/s1. The van der Waals surface area contributed by atoms with Gasteiger partial charge in [-0.15, -0.1) is 0 Å². The summed E-state index contributed by atoms with van der Waals surface area (Å²) in [6.45, 7) is -0.228. The fourth-order valence-corrected chi connectivity index (χ4v) is 2.72. The van der Waals surface area contributed by atoms with E-state index in [9.17, 15) is 9.59 Å². The summed E-state index contributed by atoms with van der Waals surface area (Å²) in [7, 11) is 0. The molecule has 0 aromatic heterocycles. The number of nitrogens with one attached hydrogen (secondary N) is 1. The van der Waals surface area contributed by atoms with Crippen molar-refractivity contribution in [1.29, 1.82) is 0 Å². The molecule has 2 rings (SSSR count). The van der Waals surface area contributed by atoms with Gasteiger partial charge in [0, 0.05) is 10.7 Å². The molecule has 0 saturated heterocycles. The third-order valence-corrected chi connectivity index (χ3v) is 4.93. The number of esters is 1. The second-order valence-corrected chi connectivity index (χ2v) is 7.27. The molecular weight excluding hydrogens is 408 g/mol. The number of ether oxygens (including phenoxy) is 1. The molecule has 2 atom stereocenters. The van der Waals surface area contributed by atoms with Crippen molar-refractivity contribution in [2.75, 3.05) is 11.9 Å². The number of rotatable bonds is 5. The molecule has 1 aromatic rings. The van der Waals surface area contributed by atoms with Crippen LogP contribution in [0.3, 0.4) is 0 Å². The van der Waals surface area contributed by atoms with Gasteiger partial charge < -0.3 is 10.1 Å². The number of amides is 1. The van der Waals surface area contributed by atoms with Crippen LogP contribution < -0.4 is 5.32 Å². The summed E-state index contributed by atoms with van der Waals surface area (Å²) in [5.74, 6) is -1.92. The van der Waals surface area contributed by atoms with Crippen molar-refractivity contribution in [1.82, 2.24) is 0 Å². The van der Waals surface area contributed by atoms with E-state index in [1.54, 1.807) is 24.3 Å². The molecule has 0 spiro atoms. The number of anilines is 1. The van der Waals surface area contributed by atoms with Crippen LogP contribution in [0.15, 0.2) is 45.9 Å². The first-order valence-corrected chi connectivity index (χ1v) is 8.97. The lowest BCUT2D eigenvalue weighted by Crippen LogP contribution is -2.36. The van der Waals surface area contributed by atoms with Crippen molar-refractivity contribution < 1.29 is 14.3 Å². The highest BCUT2D eigenvalue weighted by molar-refractivity contribution is 6.59. The average Bonchev–Trinajstić information content (AvgIpc) is 2.61. The van der Waals surface area contributed by atoms with E-state index in [0.717, 1.165) is 0 Å². The number of benzene rings is 1. The van der Waals surface area contributed by atoms with Crippen molar-refractivity contribution >= 4 is 64.0 Å². The van der Waals surface area contributed by atoms with Gasteiger partial charge in [-0.2, -0.15) is 0 Å². The summed E-state index contributed by atoms with van der Waals surface area (Å²) in [6.07, 6.45) is 4.58. The molecule has 1 N–H and O–H groups in total. The predicted molar refractivity (Wildman–Crippen MR) is 101 cm³/mol. The van der Waals surface area contributed by atoms with E-state index in [1.807, 2.05) is 12.2 Å². The Kier molecular flexibility index (Phi) is 7.63. The average molecular weight is 423 g/mol. The SMILES string of the molecule is O=C(Nc1ccc(Cl)cc1)[C@H]1CC=CC[C@H]1C(=O)OCC(Cl)=C(Cl)Cl. The van der Waals surface area contributed by atoms with E-state index >= 15 is 0 Å². The first-order valence-electron chi connectivity index (χ1n) is 7.46. The quantitative estimate of drug-likeness (QED) is 0.518. The van der Waals surface area contributed by atoms with Crippen LogP contribution in [0.25, 0.3) is 0 Å². The second kappa shape index (κ2) is 9.48. The molecule has 1 aliphatic carbocycles. The molecule has 8 heteroatoms. The largest absolute Gasteiger partial charge is 0.460 e. The minimum absolute atomic E-state index is 0.0326. The topological polar surface area (TPSA) is 55.4 Å². The van der Waals surface area contributed by atoms with E-state index in [0.29, 0.717) is 23.6 Å². The third kappa shape index (κ3) is 5.93. The summed E-state index contributed by atoms with van der Waals surface area (Å²) in [5, 5.41) is 3.39. The van der Waals surface area contributed by atoms with Gasteiger partial charge in [0.25, 0.3) is 0 Å². The van der Waals surface area contributed by atoms with E-state index in [-0.39, 0.29) is 22.0 Å². The fraction of sp³-hybridized carbons (Fsp3) is 0.294. The summed E-state index contributed by atoms with van der Waals surface area (Å²) in [6, 6.07) is 6.74. The highest BCUT2D eigenvalue weighted by Crippen LogP contribution is 2.29. The molecule has 0 unspecified atom stereocenters. The van der Waals surface area contributed by atoms with Gasteiger partial charge in [-0.3, -0.25) is 9.59 Å². The van der Waals surface area contributed by atoms with Crippen molar-refractivity contribution in [2.24, 2.45) is 11.8 Å². The number of allylic oxidation sites excluding steroid dienone is 2.